The number of nitrogens with zero attached hydrogens (tertiary/aromatic N) is 1. The molecular formula is C14H20BrFN2. The van der Waals surface area contributed by atoms with Crippen LogP contribution in [-0.4, -0.2) is 30.1 Å². The highest BCUT2D eigenvalue weighted by Gasteiger charge is 2.27. The van der Waals surface area contributed by atoms with Crippen molar-refractivity contribution in [3.8, 4) is 0 Å². The lowest BCUT2D eigenvalue weighted by atomic mass is 10.0. The van der Waals surface area contributed by atoms with E-state index < -0.39 is 0 Å². The van der Waals surface area contributed by atoms with Gasteiger partial charge in [-0.15, -0.1) is 0 Å². The monoisotopic (exact) mass is 314 g/mol. The molecular weight excluding hydrogens is 295 g/mol. The highest BCUT2D eigenvalue weighted by atomic mass is 79.9. The Hall–Kier alpha value is -0.450. The van der Waals surface area contributed by atoms with Crippen LogP contribution in [0.3, 0.4) is 0 Å². The maximum absolute atomic E-state index is 13.6. The molecule has 0 amide bonds. The third kappa shape index (κ3) is 2.92. The Bertz CT molecular complexity index is 424. The number of hydrogen-bond acceptors (Lipinski definition) is 2. The quantitative estimate of drug-likeness (QED) is 0.900. The van der Waals surface area contributed by atoms with E-state index in [4.69, 9.17) is 0 Å². The van der Waals surface area contributed by atoms with Crippen LogP contribution in [0.5, 0.6) is 0 Å². The van der Waals surface area contributed by atoms with Gasteiger partial charge < -0.3 is 5.32 Å². The van der Waals surface area contributed by atoms with Crippen LogP contribution in [0.1, 0.15) is 32.4 Å². The van der Waals surface area contributed by atoms with E-state index in [1.807, 2.05) is 6.07 Å². The van der Waals surface area contributed by atoms with E-state index in [2.05, 4.69) is 46.9 Å². The second-order valence-electron chi connectivity index (χ2n) is 5.20. The Morgan fingerprint density at radius 1 is 1.44 bits per heavy atom. The van der Waals surface area contributed by atoms with Crippen molar-refractivity contribution in [2.24, 2.45) is 0 Å². The van der Waals surface area contributed by atoms with Crippen LogP contribution >= 0.6 is 15.9 Å². The molecule has 3 atom stereocenters. The lowest BCUT2D eigenvalue weighted by molar-refractivity contribution is 0.103. The van der Waals surface area contributed by atoms with Crippen LogP contribution in [0.15, 0.2) is 22.7 Å². The number of hydrogen-bond donors (Lipinski definition) is 1. The summed E-state index contributed by atoms with van der Waals surface area (Å²) >= 11 is 3.20. The van der Waals surface area contributed by atoms with Crippen molar-refractivity contribution in [1.82, 2.24) is 10.2 Å². The summed E-state index contributed by atoms with van der Waals surface area (Å²) in [5.74, 6) is -0.185. The van der Waals surface area contributed by atoms with Gasteiger partial charge in [0.1, 0.15) is 5.82 Å². The minimum absolute atomic E-state index is 0.185. The summed E-state index contributed by atoms with van der Waals surface area (Å²) in [6.07, 6.45) is 0. The average molecular weight is 315 g/mol. The molecule has 0 radical (unpaired) electrons. The first-order valence-electron chi connectivity index (χ1n) is 6.43. The van der Waals surface area contributed by atoms with E-state index in [9.17, 15) is 4.39 Å². The van der Waals surface area contributed by atoms with Crippen LogP contribution in [-0.2, 0) is 0 Å². The summed E-state index contributed by atoms with van der Waals surface area (Å²) in [5.41, 5.74) is 1.04. The molecule has 1 fully saturated rings. The molecule has 1 aromatic rings. The van der Waals surface area contributed by atoms with Crippen molar-refractivity contribution in [2.75, 3.05) is 13.1 Å². The van der Waals surface area contributed by atoms with E-state index in [0.717, 1.165) is 18.7 Å². The maximum atomic E-state index is 13.6. The smallest absolute Gasteiger partial charge is 0.137 e. The average Bonchev–Trinajstić information content (AvgIpc) is 2.35. The molecule has 1 heterocycles. The third-order valence-electron chi connectivity index (χ3n) is 3.74. The molecule has 2 nitrogen and oxygen atoms in total. The third-order valence-corrected chi connectivity index (χ3v) is 4.38. The van der Waals surface area contributed by atoms with Gasteiger partial charge in [0, 0.05) is 31.2 Å². The van der Waals surface area contributed by atoms with E-state index in [-0.39, 0.29) is 11.9 Å². The Morgan fingerprint density at radius 2 is 2.17 bits per heavy atom. The molecule has 18 heavy (non-hydrogen) atoms. The molecule has 1 aliphatic rings. The summed E-state index contributed by atoms with van der Waals surface area (Å²) in [6, 6.07) is 6.63. The fourth-order valence-corrected chi connectivity index (χ4v) is 2.80. The molecule has 4 heteroatoms. The van der Waals surface area contributed by atoms with E-state index in [1.54, 1.807) is 12.1 Å². The second-order valence-corrected chi connectivity index (χ2v) is 6.06. The van der Waals surface area contributed by atoms with Crippen molar-refractivity contribution in [2.45, 2.75) is 38.9 Å². The van der Waals surface area contributed by atoms with Crippen LogP contribution in [0.4, 0.5) is 4.39 Å². The Balaban J connectivity index is 2.18. The standard InChI is InChI=1S/C14H20BrFN2/c1-9-8-18(10(2)7-17-9)11(3)12-4-5-13(15)14(16)6-12/h4-6,9-11,17H,7-8H2,1-3H3/t9-,10+,11?/m0/s1. The zero-order chi connectivity index (χ0) is 13.3. The zero-order valence-electron chi connectivity index (χ0n) is 11.1. The summed E-state index contributed by atoms with van der Waals surface area (Å²) in [6.45, 7) is 8.54. The van der Waals surface area contributed by atoms with Gasteiger partial charge >= 0.3 is 0 Å². The summed E-state index contributed by atoms with van der Waals surface area (Å²) in [7, 11) is 0. The van der Waals surface area contributed by atoms with Crippen molar-refractivity contribution in [1.29, 1.82) is 0 Å². The van der Waals surface area contributed by atoms with Gasteiger partial charge in [-0.1, -0.05) is 6.07 Å². The van der Waals surface area contributed by atoms with Gasteiger partial charge in [0.25, 0.3) is 0 Å². The molecule has 0 saturated carbocycles. The molecule has 2 rings (SSSR count). The van der Waals surface area contributed by atoms with Crippen molar-refractivity contribution in [3.05, 3.63) is 34.1 Å². The van der Waals surface area contributed by atoms with Crippen LogP contribution in [0.2, 0.25) is 0 Å². The van der Waals surface area contributed by atoms with E-state index in [0.29, 0.717) is 16.6 Å². The molecule has 0 spiro atoms. The molecule has 1 N–H and O–H groups in total. The van der Waals surface area contributed by atoms with Gasteiger partial charge in [-0.2, -0.15) is 0 Å². The van der Waals surface area contributed by atoms with Crippen LogP contribution < -0.4 is 5.32 Å². The van der Waals surface area contributed by atoms with Gasteiger partial charge in [0.2, 0.25) is 0 Å². The van der Waals surface area contributed by atoms with Gasteiger partial charge in [-0.05, 0) is 54.4 Å². The van der Waals surface area contributed by atoms with Crippen molar-refractivity contribution in [3.63, 3.8) is 0 Å². The highest BCUT2D eigenvalue weighted by molar-refractivity contribution is 9.10. The predicted molar refractivity (Wildman–Crippen MR) is 76.1 cm³/mol. The molecule has 0 bridgehead atoms. The SMILES string of the molecule is CC(c1ccc(Br)c(F)c1)N1C[C@H](C)NC[C@H]1C. The number of benzene rings is 1. The van der Waals surface area contributed by atoms with Crippen molar-refractivity contribution >= 4 is 15.9 Å². The highest BCUT2D eigenvalue weighted by Crippen LogP contribution is 2.27. The van der Waals surface area contributed by atoms with Gasteiger partial charge in [-0.25, -0.2) is 4.39 Å². The summed E-state index contributed by atoms with van der Waals surface area (Å²) in [4.78, 5) is 2.43. The largest absolute Gasteiger partial charge is 0.311 e. The molecule has 1 unspecified atom stereocenters. The predicted octanol–water partition coefficient (Wildman–Crippen LogP) is 3.33. The minimum Gasteiger partial charge on any atom is -0.311 e. The van der Waals surface area contributed by atoms with E-state index >= 15 is 0 Å². The molecule has 1 saturated heterocycles. The maximum Gasteiger partial charge on any atom is 0.137 e. The van der Waals surface area contributed by atoms with Gasteiger partial charge in [-0.3, -0.25) is 4.90 Å². The zero-order valence-corrected chi connectivity index (χ0v) is 12.7. The van der Waals surface area contributed by atoms with Crippen LogP contribution in [0, 0.1) is 5.82 Å². The van der Waals surface area contributed by atoms with Crippen LogP contribution in [0.25, 0.3) is 0 Å². The van der Waals surface area contributed by atoms with Gasteiger partial charge in [0.05, 0.1) is 4.47 Å². The van der Waals surface area contributed by atoms with Gasteiger partial charge in [0.15, 0.2) is 0 Å². The molecule has 0 aromatic heterocycles. The number of nitrogens with one attached hydrogen (secondary N) is 1. The fourth-order valence-electron chi connectivity index (χ4n) is 2.55. The lowest BCUT2D eigenvalue weighted by Gasteiger charge is -2.41. The first kappa shape index (κ1) is 14.0. The second kappa shape index (κ2) is 5.68. The number of rotatable bonds is 2. The normalized spacial score (nSPS) is 27.2. The Kier molecular flexibility index (Phi) is 4.41. The Labute approximate surface area is 117 Å². The number of piperazine rings is 1. The minimum atomic E-state index is -0.185. The first-order chi connectivity index (χ1) is 8.49. The molecule has 100 valence electrons. The first-order valence-corrected chi connectivity index (χ1v) is 7.22. The molecule has 0 aliphatic carbocycles. The van der Waals surface area contributed by atoms with Crippen molar-refractivity contribution < 1.29 is 4.39 Å². The molecule has 1 aliphatic heterocycles. The molecule has 1 aromatic carbocycles. The summed E-state index contributed by atoms with van der Waals surface area (Å²) < 4.78 is 14.1. The van der Waals surface area contributed by atoms with E-state index in [1.165, 1.54) is 0 Å². The topological polar surface area (TPSA) is 15.3 Å². The Morgan fingerprint density at radius 3 is 2.83 bits per heavy atom. The fraction of sp³-hybridized carbons (Fsp3) is 0.571. The lowest BCUT2D eigenvalue weighted by Crippen LogP contribution is -2.54. The number of halogens is 2. The summed E-state index contributed by atoms with van der Waals surface area (Å²) in [5, 5.41) is 3.47.